The molecule has 6 heteroatoms. The number of nitrogens with one attached hydrogen (secondary N) is 1. The van der Waals surface area contributed by atoms with E-state index < -0.39 is 5.91 Å². The molecule has 98 valence electrons. The lowest BCUT2D eigenvalue weighted by atomic mass is 10.3. The van der Waals surface area contributed by atoms with E-state index in [-0.39, 0.29) is 12.3 Å². The summed E-state index contributed by atoms with van der Waals surface area (Å²) in [6.07, 6.45) is 0. The number of hydrogen-bond acceptors (Lipinski definition) is 4. The highest BCUT2D eigenvalue weighted by molar-refractivity contribution is 6.30. The normalized spacial score (nSPS) is 10.0. The van der Waals surface area contributed by atoms with Crippen LogP contribution >= 0.6 is 11.6 Å². The molecule has 0 spiro atoms. The van der Waals surface area contributed by atoms with Crippen LogP contribution in [0.5, 0.6) is 5.75 Å². The van der Waals surface area contributed by atoms with E-state index in [0.717, 1.165) is 0 Å². The highest BCUT2D eigenvalue weighted by Crippen LogP contribution is 2.16. The molecule has 0 radical (unpaired) electrons. The molecule has 0 aliphatic rings. The fourth-order valence-electron chi connectivity index (χ4n) is 1.45. The van der Waals surface area contributed by atoms with Gasteiger partial charge in [0.05, 0.1) is 5.69 Å². The predicted molar refractivity (Wildman–Crippen MR) is 71.7 cm³/mol. The van der Waals surface area contributed by atoms with Gasteiger partial charge < -0.3 is 4.74 Å². The molecule has 1 aromatic heterocycles. The number of hydrazine groups is 1. The molecule has 0 unspecified atom stereocenters. The van der Waals surface area contributed by atoms with Gasteiger partial charge in [0.25, 0.3) is 5.91 Å². The first-order valence-electron chi connectivity index (χ1n) is 5.54. The molecule has 2 rings (SSSR count). The number of carbonyl (C=O) groups excluding carboxylic acids is 1. The van der Waals surface area contributed by atoms with E-state index in [1.807, 2.05) is 5.43 Å². The monoisotopic (exact) mass is 277 g/mol. The number of ether oxygens (including phenoxy) is 1. The molecule has 1 amide bonds. The molecular weight excluding hydrogens is 266 g/mol. The van der Waals surface area contributed by atoms with Crippen LogP contribution in [0.3, 0.4) is 0 Å². The second-order valence-electron chi connectivity index (χ2n) is 3.73. The Hall–Kier alpha value is -2.11. The SMILES string of the molecule is NNC(=O)c1cccc(COc2ccc(Cl)cc2)n1. The highest BCUT2D eigenvalue weighted by Gasteiger charge is 2.06. The first-order chi connectivity index (χ1) is 9.19. The molecule has 0 fully saturated rings. The van der Waals surface area contributed by atoms with Gasteiger partial charge in [-0.05, 0) is 36.4 Å². The third-order valence-electron chi connectivity index (χ3n) is 2.37. The summed E-state index contributed by atoms with van der Waals surface area (Å²) in [4.78, 5) is 15.5. The fraction of sp³-hybridized carbons (Fsp3) is 0.0769. The Morgan fingerprint density at radius 1 is 1.26 bits per heavy atom. The third-order valence-corrected chi connectivity index (χ3v) is 2.62. The molecular formula is C13H12ClN3O2. The average molecular weight is 278 g/mol. The van der Waals surface area contributed by atoms with Gasteiger partial charge >= 0.3 is 0 Å². The van der Waals surface area contributed by atoms with Crippen molar-refractivity contribution in [2.24, 2.45) is 5.84 Å². The molecule has 0 bridgehead atoms. The number of pyridine rings is 1. The molecule has 5 nitrogen and oxygen atoms in total. The number of nitrogens with zero attached hydrogens (tertiary/aromatic N) is 1. The van der Waals surface area contributed by atoms with Crippen LogP contribution in [0.25, 0.3) is 0 Å². The maximum absolute atomic E-state index is 11.3. The molecule has 0 saturated heterocycles. The minimum atomic E-state index is -0.437. The van der Waals surface area contributed by atoms with Gasteiger partial charge in [-0.15, -0.1) is 0 Å². The van der Waals surface area contributed by atoms with Crippen LogP contribution in [0, 0.1) is 0 Å². The first kappa shape index (κ1) is 13.3. The van der Waals surface area contributed by atoms with Gasteiger partial charge in [0.15, 0.2) is 0 Å². The summed E-state index contributed by atoms with van der Waals surface area (Å²) in [5.74, 6) is 5.29. The summed E-state index contributed by atoms with van der Waals surface area (Å²) < 4.78 is 5.53. The highest BCUT2D eigenvalue weighted by atomic mass is 35.5. The van der Waals surface area contributed by atoms with Crippen molar-refractivity contribution in [2.75, 3.05) is 0 Å². The Morgan fingerprint density at radius 3 is 2.68 bits per heavy atom. The van der Waals surface area contributed by atoms with Gasteiger partial charge in [0, 0.05) is 5.02 Å². The van der Waals surface area contributed by atoms with Crippen molar-refractivity contribution >= 4 is 17.5 Å². The minimum absolute atomic E-state index is 0.250. The van der Waals surface area contributed by atoms with Gasteiger partial charge in [-0.3, -0.25) is 10.2 Å². The number of carbonyl (C=O) groups is 1. The zero-order valence-corrected chi connectivity index (χ0v) is 10.7. The summed E-state index contributed by atoms with van der Waals surface area (Å²) in [5.41, 5.74) is 2.92. The minimum Gasteiger partial charge on any atom is -0.487 e. The number of amides is 1. The van der Waals surface area contributed by atoms with Gasteiger partial charge in [0.2, 0.25) is 0 Å². The number of rotatable bonds is 4. The number of nitrogens with two attached hydrogens (primary N) is 1. The van der Waals surface area contributed by atoms with Crippen LogP contribution in [0.2, 0.25) is 5.02 Å². The lowest BCUT2D eigenvalue weighted by molar-refractivity contribution is 0.0948. The summed E-state index contributed by atoms with van der Waals surface area (Å²) in [7, 11) is 0. The Bertz CT molecular complexity index is 572. The number of nitrogen functional groups attached to an aromatic ring is 1. The largest absolute Gasteiger partial charge is 0.487 e. The van der Waals surface area contributed by atoms with E-state index >= 15 is 0 Å². The van der Waals surface area contributed by atoms with E-state index in [9.17, 15) is 4.79 Å². The van der Waals surface area contributed by atoms with Crippen LogP contribution < -0.4 is 16.0 Å². The second-order valence-corrected chi connectivity index (χ2v) is 4.17. The van der Waals surface area contributed by atoms with Crippen LogP contribution in [0.15, 0.2) is 42.5 Å². The smallest absolute Gasteiger partial charge is 0.283 e. The van der Waals surface area contributed by atoms with Crippen LogP contribution in [0.1, 0.15) is 16.2 Å². The third kappa shape index (κ3) is 3.67. The molecule has 1 aromatic carbocycles. The molecule has 3 N–H and O–H groups in total. The summed E-state index contributed by atoms with van der Waals surface area (Å²) in [6.45, 7) is 0.257. The van der Waals surface area contributed by atoms with E-state index in [1.165, 1.54) is 0 Å². The Kier molecular flexibility index (Phi) is 4.33. The molecule has 0 atom stereocenters. The van der Waals surface area contributed by atoms with Crippen molar-refractivity contribution in [3.05, 3.63) is 58.9 Å². The molecule has 0 aliphatic heterocycles. The van der Waals surface area contributed by atoms with Crippen molar-refractivity contribution < 1.29 is 9.53 Å². The predicted octanol–water partition coefficient (Wildman–Crippen LogP) is 1.92. The number of benzene rings is 1. The first-order valence-corrected chi connectivity index (χ1v) is 5.92. The number of hydrogen-bond donors (Lipinski definition) is 2. The number of halogens is 1. The maximum atomic E-state index is 11.3. The summed E-state index contributed by atoms with van der Waals surface area (Å²) in [5, 5.41) is 0.645. The summed E-state index contributed by atoms with van der Waals surface area (Å²) in [6, 6.07) is 12.1. The Labute approximate surface area is 115 Å². The zero-order chi connectivity index (χ0) is 13.7. The second kappa shape index (κ2) is 6.17. The lowest BCUT2D eigenvalue weighted by Gasteiger charge is -2.06. The van der Waals surface area contributed by atoms with E-state index in [1.54, 1.807) is 42.5 Å². The van der Waals surface area contributed by atoms with E-state index in [4.69, 9.17) is 22.2 Å². The van der Waals surface area contributed by atoms with Crippen molar-refractivity contribution in [3.8, 4) is 5.75 Å². The molecule has 0 aliphatic carbocycles. The van der Waals surface area contributed by atoms with Crippen LogP contribution in [-0.2, 0) is 6.61 Å². The Morgan fingerprint density at radius 2 is 2.00 bits per heavy atom. The van der Waals surface area contributed by atoms with Crippen LogP contribution in [-0.4, -0.2) is 10.9 Å². The van der Waals surface area contributed by atoms with Crippen LogP contribution in [0.4, 0.5) is 0 Å². The van der Waals surface area contributed by atoms with Crippen molar-refractivity contribution in [1.29, 1.82) is 0 Å². The van der Waals surface area contributed by atoms with Gasteiger partial charge in [-0.25, -0.2) is 10.8 Å². The zero-order valence-electron chi connectivity index (χ0n) is 9.97. The molecule has 2 aromatic rings. The Balaban J connectivity index is 2.03. The van der Waals surface area contributed by atoms with Gasteiger partial charge in [0.1, 0.15) is 18.1 Å². The van der Waals surface area contributed by atoms with Crippen molar-refractivity contribution in [3.63, 3.8) is 0 Å². The lowest BCUT2D eigenvalue weighted by Crippen LogP contribution is -2.30. The molecule has 19 heavy (non-hydrogen) atoms. The van der Waals surface area contributed by atoms with Crippen molar-refractivity contribution in [2.45, 2.75) is 6.61 Å². The van der Waals surface area contributed by atoms with Crippen molar-refractivity contribution in [1.82, 2.24) is 10.4 Å². The fourth-order valence-corrected chi connectivity index (χ4v) is 1.57. The topological polar surface area (TPSA) is 77.2 Å². The standard InChI is InChI=1S/C13H12ClN3O2/c14-9-4-6-11(7-5-9)19-8-10-2-1-3-12(16-10)13(18)17-15/h1-7H,8,15H2,(H,17,18). The van der Waals surface area contributed by atoms with E-state index in [0.29, 0.717) is 16.5 Å². The average Bonchev–Trinajstić information content (AvgIpc) is 2.46. The summed E-state index contributed by atoms with van der Waals surface area (Å²) >= 11 is 5.78. The quantitative estimate of drug-likeness (QED) is 0.508. The van der Waals surface area contributed by atoms with Gasteiger partial charge in [-0.1, -0.05) is 17.7 Å². The molecule has 1 heterocycles. The van der Waals surface area contributed by atoms with Gasteiger partial charge in [-0.2, -0.15) is 0 Å². The van der Waals surface area contributed by atoms with E-state index in [2.05, 4.69) is 4.98 Å². The number of aromatic nitrogens is 1. The molecule has 0 saturated carbocycles. The maximum Gasteiger partial charge on any atom is 0.283 e.